The molecule has 0 spiro atoms. The van der Waals surface area contributed by atoms with Gasteiger partial charge in [0.25, 0.3) is 0 Å². The Morgan fingerprint density at radius 3 is 1.28 bits per heavy atom. The molecule has 1 aliphatic carbocycles. The first-order valence-electron chi connectivity index (χ1n) is 6.10. The van der Waals surface area contributed by atoms with Gasteiger partial charge < -0.3 is 9.47 Å². The zero-order chi connectivity index (χ0) is 14.0. The van der Waals surface area contributed by atoms with Crippen LogP contribution in [-0.4, -0.2) is 25.2 Å². The van der Waals surface area contributed by atoms with Gasteiger partial charge in [-0.2, -0.15) is 0 Å². The van der Waals surface area contributed by atoms with Crippen molar-refractivity contribution in [1.29, 1.82) is 0 Å². The third-order valence-corrected chi connectivity index (χ3v) is 2.25. The standard InChI is InChI=1S/C10H14O4.C4H8/c1-7(2)9(11)13-5-6-14-10(12)8(3)4;1-2-4-3-1/h1,3,5-6H2,2,4H3;1-4H2. The Morgan fingerprint density at radius 2 is 1.11 bits per heavy atom. The van der Waals surface area contributed by atoms with Crippen molar-refractivity contribution in [3.8, 4) is 0 Å². The van der Waals surface area contributed by atoms with Crippen molar-refractivity contribution in [3.05, 3.63) is 24.3 Å². The third kappa shape index (κ3) is 8.56. The fourth-order valence-electron chi connectivity index (χ4n) is 0.765. The van der Waals surface area contributed by atoms with Crippen molar-refractivity contribution in [1.82, 2.24) is 0 Å². The van der Waals surface area contributed by atoms with Crippen molar-refractivity contribution >= 4 is 11.9 Å². The number of ether oxygens (including phenoxy) is 2. The number of esters is 2. The van der Waals surface area contributed by atoms with Crippen LogP contribution in [0.25, 0.3) is 0 Å². The van der Waals surface area contributed by atoms with E-state index in [0.717, 1.165) is 0 Å². The molecule has 18 heavy (non-hydrogen) atoms. The molecule has 0 aromatic rings. The van der Waals surface area contributed by atoms with Gasteiger partial charge >= 0.3 is 11.9 Å². The molecule has 0 aromatic heterocycles. The Hall–Kier alpha value is -1.58. The average Bonchev–Trinajstić information content (AvgIpc) is 2.20. The lowest BCUT2D eigenvalue weighted by atomic mass is 10.0. The van der Waals surface area contributed by atoms with Gasteiger partial charge in [0.05, 0.1) is 0 Å². The molecule has 4 heteroatoms. The van der Waals surface area contributed by atoms with Gasteiger partial charge in [-0.15, -0.1) is 0 Å². The monoisotopic (exact) mass is 254 g/mol. The highest BCUT2D eigenvalue weighted by molar-refractivity contribution is 5.87. The molecule has 0 radical (unpaired) electrons. The summed E-state index contributed by atoms with van der Waals surface area (Å²) in [6, 6.07) is 0. The van der Waals surface area contributed by atoms with Gasteiger partial charge in [0.1, 0.15) is 13.2 Å². The number of carbonyl (C=O) groups excluding carboxylic acids is 2. The van der Waals surface area contributed by atoms with Crippen molar-refractivity contribution < 1.29 is 19.1 Å². The molecule has 1 saturated carbocycles. The maximum absolute atomic E-state index is 10.8. The smallest absolute Gasteiger partial charge is 0.333 e. The van der Waals surface area contributed by atoms with Gasteiger partial charge in [-0.05, 0) is 13.8 Å². The van der Waals surface area contributed by atoms with Crippen LogP contribution in [0, 0.1) is 0 Å². The van der Waals surface area contributed by atoms with Gasteiger partial charge in [-0.3, -0.25) is 0 Å². The predicted molar refractivity (Wildman–Crippen MR) is 70.0 cm³/mol. The quantitative estimate of drug-likeness (QED) is 0.430. The van der Waals surface area contributed by atoms with Gasteiger partial charge in [-0.1, -0.05) is 38.8 Å². The van der Waals surface area contributed by atoms with Gasteiger partial charge in [-0.25, -0.2) is 9.59 Å². The molecule has 0 bridgehead atoms. The molecular weight excluding hydrogens is 232 g/mol. The van der Waals surface area contributed by atoms with Crippen LogP contribution < -0.4 is 0 Å². The number of rotatable bonds is 5. The fourth-order valence-corrected chi connectivity index (χ4v) is 0.765. The molecule has 0 saturated heterocycles. The van der Waals surface area contributed by atoms with E-state index in [4.69, 9.17) is 0 Å². The van der Waals surface area contributed by atoms with E-state index in [1.807, 2.05) is 0 Å². The van der Waals surface area contributed by atoms with Crippen LogP contribution in [-0.2, 0) is 19.1 Å². The summed E-state index contributed by atoms with van der Waals surface area (Å²) in [7, 11) is 0. The number of carbonyl (C=O) groups is 2. The Balaban J connectivity index is 0.000000601. The summed E-state index contributed by atoms with van der Waals surface area (Å²) < 4.78 is 9.38. The Labute approximate surface area is 109 Å². The molecule has 0 heterocycles. The Kier molecular flexibility index (Phi) is 8.62. The first-order valence-corrected chi connectivity index (χ1v) is 6.10. The second-order valence-corrected chi connectivity index (χ2v) is 4.25. The topological polar surface area (TPSA) is 52.6 Å². The minimum atomic E-state index is -0.489. The lowest BCUT2D eigenvalue weighted by Crippen LogP contribution is -2.14. The molecule has 0 amide bonds. The van der Waals surface area contributed by atoms with Crippen LogP contribution in [0.4, 0.5) is 0 Å². The second-order valence-electron chi connectivity index (χ2n) is 4.25. The summed E-state index contributed by atoms with van der Waals surface area (Å²) in [4.78, 5) is 21.7. The molecule has 0 unspecified atom stereocenters. The highest BCUT2D eigenvalue weighted by Gasteiger charge is 2.05. The van der Waals surface area contributed by atoms with Crippen molar-refractivity contribution in [3.63, 3.8) is 0 Å². The maximum Gasteiger partial charge on any atom is 0.333 e. The van der Waals surface area contributed by atoms with Gasteiger partial charge in [0.2, 0.25) is 0 Å². The predicted octanol–water partition coefficient (Wildman–Crippen LogP) is 2.79. The van der Waals surface area contributed by atoms with Crippen LogP contribution in [0.1, 0.15) is 39.5 Å². The largest absolute Gasteiger partial charge is 0.459 e. The molecule has 1 fully saturated rings. The van der Waals surface area contributed by atoms with E-state index in [0.29, 0.717) is 11.1 Å². The zero-order valence-corrected chi connectivity index (χ0v) is 11.3. The molecule has 0 N–H and O–H groups in total. The van der Waals surface area contributed by atoms with E-state index in [9.17, 15) is 9.59 Å². The Morgan fingerprint density at radius 1 is 0.833 bits per heavy atom. The summed E-state index contributed by atoms with van der Waals surface area (Å²) in [5.74, 6) is -0.979. The number of hydrogen-bond acceptors (Lipinski definition) is 4. The number of hydrogen-bond donors (Lipinski definition) is 0. The normalized spacial score (nSPS) is 12.3. The summed E-state index contributed by atoms with van der Waals surface area (Å²) >= 11 is 0. The highest BCUT2D eigenvalue weighted by atomic mass is 16.6. The SMILES string of the molecule is C1CCC1.C=C(C)C(=O)OCCOC(=O)C(=C)C. The van der Waals surface area contributed by atoms with E-state index in [1.54, 1.807) is 13.8 Å². The van der Waals surface area contributed by atoms with E-state index in [2.05, 4.69) is 22.6 Å². The summed E-state index contributed by atoms with van der Waals surface area (Å²) in [6.07, 6.45) is 6.00. The van der Waals surface area contributed by atoms with Crippen LogP contribution in [0.3, 0.4) is 0 Å². The summed E-state index contributed by atoms with van der Waals surface area (Å²) in [5.41, 5.74) is 0.632. The van der Waals surface area contributed by atoms with Gasteiger partial charge in [0.15, 0.2) is 0 Å². The molecule has 4 nitrogen and oxygen atoms in total. The van der Waals surface area contributed by atoms with Gasteiger partial charge in [0, 0.05) is 11.1 Å². The second kappa shape index (κ2) is 9.45. The van der Waals surface area contributed by atoms with Crippen LogP contribution in [0.2, 0.25) is 0 Å². The fraction of sp³-hybridized carbons (Fsp3) is 0.571. The van der Waals surface area contributed by atoms with E-state index in [-0.39, 0.29) is 13.2 Å². The van der Waals surface area contributed by atoms with Crippen LogP contribution in [0.15, 0.2) is 24.3 Å². The van der Waals surface area contributed by atoms with E-state index in [1.165, 1.54) is 25.7 Å². The third-order valence-electron chi connectivity index (χ3n) is 2.25. The van der Waals surface area contributed by atoms with E-state index >= 15 is 0 Å². The lowest BCUT2D eigenvalue weighted by Gasteiger charge is -2.05. The molecule has 1 rings (SSSR count). The summed E-state index contributed by atoms with van der Waals surface area (Å²) in [5, 5.41) is 0. The van der Waals surface area contributed by atoms with Crippen LogP contribution >= 0.6 is 0 Å². The lowest BCUT2D eigenvalue weighted by molar-refractivity contribution is -0.147. The van der Waals surface area contributed by atoms with Crippen molar-refractivity contribution in [2.24, 2.45) is 0 Å². The van der Waals surface area contributed by atoms with E-state index < -0.39 is 11.9 Å². The minimum absolute atomic E-state index is 0.0325. The average molecular weight is 254 g/mol. The minimum Gasteiger partial charge on any atom is -0.459 e. The molecule has 0 atom stereocenters. The first kappa shape index (κ1) is 16.4. The highest BCUT2D eigenvalue weighted by Crippen LogP contribution is 2.15. The Bertz CT molecular complexity index is 282. The molecular formula is C14H22O4. The van der Waals surface area contributed by atoms with Crippen LogP contribution in [0.5, 0.6) is 0 Å². The molecule has 0 aliphatic heterocycles. The summed E-state index contributed by atoms with van der Waals surface area (Å²) in [6.45, 7) is 9.95. The van der Waals surface area contributed by atoms with Crippen molar-refractivity contribution in [2.45, 2.75) is 39.5 Å². The molecule has 0 aromatic carbocycles. The molecule has 102 valence electrons. The molecule has 1 aliphatic rings. The first-order chi connectivity index (χ1) is 8.45. The van der Waals surface area contributed by atoms with Crippen molar-refractivity contribution in [2.75, 3.05) is 13.2 Å². The maximum atomic E-state index is 10.8. The zero-order valence-electron chi connectivity index (χ0n) is 11.3.